The molecule has 3 nitrogen and oxygen atoms in total. The molecule has 2 rings (SSSR count). The molecule has 2 unspecified atom stereocenters. The summed E-state index contributed by atoms with van der Waals surface area (Å²) >= 11 is 0. The predicted molar refractivity (Wildman–Crippen MR) is 71.6 cm³/mol. The quantitative estimate of drug-likeness (QED) is 0.813. The van der Waals surface area contributed by atoms with E-state index in [1.807, 2.05) is 0 Å². The molecule has 1 aromatic rings. The number of hydrogen-bond acceptors (Lipinski definition) is 3. The molecule has 1 fully saturated rings. The molecule has 0 amide bonds. The minimum atomic E-state index is 0.186. The maximum atomic E-state index is 9.28. The largest absolute Gasteiger partial charge is 0.395 e. The molecule has 1 heterocycles. The van der Waals surface area contributed by atoms with E-state index in [2.05, 4.69) is 49.2 Å². The number of benzene rings is 1. The number of anilines is 1. The molecule has 0 aliphatic carbocycles. The molecule has 2 N–H and O–H groups in total. The second-order valence-electron chi connectivity index (χ2n) is 5.01. The Hall–Kier alpha value is -1.06. The maximum absolute atomic E-state index is 9.28. The van der Waals surface area contributed by atoms with Crippen LogP contribution in [-0.4, -0.2) is 36.9 Å². The number of nitrogens with zero attached hydrogens (tertiary/aromatic N) is 1. The summed E-state index contributed by atoms with van der Waals surface area (Å²) in [4.78, 5) is 2.40. The van der Waals surface area contributed by atoms with Gasteiger partial charge in [0.2, 0.25) is 0 Å². The number of aryl methyl sites for hydroxylation is 1. The molecule has 0 radical (unpaired) electrons. The van der Waals surface area contributed by atoms with E-state index in [-0.39, 0.29) is 12.6 Å². The minimum absolute atomic E-state index is 0.186. The van der Waals surface area contributed by atoms with Gasteiger partial charge in [-0.15, -0.1) is 0 Å². The highest BCUT2D eigenvalue weighted by Crippen LogP contribution is 2.25. The Morgan fingerprint density at radius 1 is 1.41 bits per heavy atom. The summed E-state index contributed by atoms with van der Waals surface area (Å²) in [6, 6.07) is 7.10. The van der Waals surface area contributed by atoms with Crippen LogP contribution in [0.4, 0.5) is 5.69 Å². The van der Waals surface area contributed by atoms with Crippen molar-refractivity contribution in [3.05, 3.63) is 29.3 Å². The van der Waals surface area contributed by atoms with Crippen LogP contribution in [0.15, 0.2) is 18.2 Å². The van der Waals surface area contributed by atoms with Gasteiger partial charge in [-0.1, -0.05) is 12.1 Å². The van der Waals surface area contributed by atoms with Crippen LogP contribution >= 0.6 is 0 Å². The lowest BCUT2D eigenvalue weighted by molar-refractivity contribution is 0.227. The molecular formula is C14H22N2O. The van der Waals surface area contributed by atoms with Gasteiger partial charge >= 0.3 is 0 Å². The lowest BCUT2D eigenvalue weighted by Gasteiger charge is -2.40. The number of aliphatic hydroxyl groups is 1. The summed E-state index contributed by atoms with van der Waals surface area (Å²) in [6.45, 7) is 8.56. The molecule has 0 bridgehead atoms. The monoisotopic (exact) mass is 234 g/mol. The molecule has 0 saturated carbocycles. The summed E-state index contributed by atoms with van der Waals surface area (Å²) in [6.07, 6.45) is 0. The number of piperazine rings is 1. The first-order chi connectivity index (χ1) is 8.13. The Morgan fingerprint density at radius 3 is 2.88 bits per heavy atom. The van der Waals surface area contributed by atoms with E-state index >= 15 is 0 Å². The number of hydrogen-bond donors (Lipinski definition) is 2. The topological polar surface area (TPSA) is 35.5 Å². The van der Waals surface area contributed by atoms with Gasteiger partial charge in [0.25, 0.3) is 0 Å². The van der Waals surface area contributed by atoms with Gasteiger partial charge in [-0.05, 0) is 38.0 Å². The summed E-state index contributed by atoms with van der Waals surface area (Å²) in [5, 5.41) is 12.6. The maximum Gasteiger partial charge on any atom is 0.0601 e. The average Bonchev–Trinajstić information content (AvgIpc) is 2.34. The van der Waals surface area contributed by atoms with Gasteiger partial charge in [-0.3, -0.25) is 0 Å². The van der Waals surface area contributed by atoms with Gasteiger partial charge in [-0.25, -0.2) is 0 Å². The predicted octanol–water partition coefficient (Wildman–Crippen LogP) is 1.46. The minimum Gasteiger partial charge on any atom is -0.395 e. The van der Waals surface area contributed by atoms with E-state index in [0.29, 0.717) is 6.04 Å². The van der Waals surface area contributed by atoms with Gasteiger partial charge in [0.05, 0.1) is 6.61 Å². The van der Waals surface area contributed by atoms with Gasteiger partial charge in [0.1, 0.15) is 0 Å². The van der Waals surface area contributed by atoms with Crippen molar-refractivity contribution in [3.8, 4) is 0 Å². The number of rotatable bonds is 2. The van der Waals surface area contributed by atoms with Crippen molar-refractivity contribution in [2.75, 3.05) is 24.6 Å². The summed E-state index contributed by atoms with van der Waals surface area (Å²) < 4.78 is 0. The fourth-order valence-corrected chi connectivity index (χ4v) is 2.43. The third-order valence-corrected chi connectivity index (χ3v) is 3.76. The van der Waals surface area contributed by atoms with Gasteiger partial charge < -0.3 is 15.3 Å². The van der Waals surface area contributed by atoms with E-state index in [9.17, 15) is 5.11 Å². The highest BCUT2D eigenvalue weighted by Gasteiger charge is 2.25. The Bertz CT molecular complexity index is 392. The first-order valence-corrected chi connectivity index (χ1v) is 6.30. The highest BCUT2D eigenvalue weighted by atomic mass is 16.3. The Morgan fingerprint density at radius 2 is 2.18 bits per heavy atom. The van der Waals surface area contributed by atoms with E-state index in [4.69, 9.17) is 0 Å². The molecule has 1 aliphatic heterocycles. The smallest absolute Gasteiger partial charge is 0.0601 e. The van der Waals surface area contributed by atoms with Crippen molar-refractivity contribution in [1.82, 2.24) is 5.32 Å². The zero-order valence-corrected chi connectivity index (χ0v) is 10.9. The Labute approximate surface area is 103 Å². The molecule has 2 atom stereocenters. The molecule has 1 aromatic carbocycles. The summed E-state index contributed by atoms with van der Waals surface area (Å²) in [5.74, 6) is 0. The summed E-state index contributed by atoms with van der Waals surface area (Å²) in [7, 11) is 0. The highest BCUT2D eigenvalue weighted by molar-refractivity contribution is 5.57. The van der Waals surface area contributed by atoms with Crippen LogP contribution in [0.3, 0.4) is 0 Å². The van der Waals surface area contributed by atoms with Crippen LogP contribution in [0.2, 0.25) is 0 Å². The molecule has 1 saturated heterocycles. The van der Waals surface area contributed by atoms with Crippen LogP contribution in [0.5, 0.6) is 0 Å². The first-order valence-electron chi connectivity index (χ1n) is 6.30. The standard InChI is InChI=1S/C14H22N2O/c1-10-5-4-6-14(12(10)3)16-8-13(9-17)15-7-11(16)2/h4-6,11,13,15,17H,7-9H2,1-3H3. The lowest BCUT2D eigenvalue weighted by Crippen LogP contribution is -2.57. The van der Waals surface area contributed by atoms with Crippen molar-refractivity contribution in [2.45, 2.75) is 32.9 Å². The van der Waals surface area contributed by atoms with Crippen molar-refractivity contribution in [3.63, 3.8) is 0 Å². The second-order valence-corrected chi connectivity index (χ2v) is 5.01. The van der Waals surface area contributed by atoms with E-state index in [1.165, 1.54) is 16.8 Å². The van der Waals surface area contributed by atoms with Gasteiger partial charge in [0, 0.05) is 30.9 Å². The van der Waals surface area contributed by atoms with Crippen LogP contribution in [-0.2, 0) is 0 Å². The van der Waals surface area contributed by atoms with Crippen molar-refractivity contribution >= 4 is 5.69 Å². The average molecular weight is 234 g/mol. The first kappa shape index (κ1) is 12.4. The van der Waals surface area contributed by atoms with Crippen LogP contribution in [0.25, 0.3) is 0 Å². The van der Waals surface area contributed by atoms with Gasteiger partial charge in [0.15, 0.2) is 0 Å². The van der Waals surface area contributed by atoms with E-state index in [1.54, 1.807) is 0 Å². The molecule has 0 aromatic heterocycles. The molecule has 1 aliphatic rings. The number of aliphatic hydroxyl groups excluding tert-OH is 1. The van der Waals surface area contributed by atoms with Gasteiger partial charge in [-0.2, -0.15) is 0 Å². The second kappa shape index (κ2) is 5.07. The van der Waals surface area contributed by atoms with Crippen molar-refractivity contribution in [1.29, 1.82) is 0 Å². The normalized spacial score (nSPS) is 25.1. The van der Waals surface area contributed by atoms with E-state index in [0.717, 1.165) is 13.1 Å². The van der Waals surface area contributed by atoms with Crippen LogP contribution < -0.4 is 10.2 Å². The third kappa shape index (κ3) is 2.45. The SMILES string of the molecule is Cc1cccc(N2CC(CO)NCC2C)c1C. The zero-order chi connectivity index (χ0) is 12.4. The Balaban J connectivity index is 2.27. The van der Waals surface area contributed by atoms with Crippen LogP contribution in [0.1, 0.15) is 18.1 Å². The zero-order valence-electron chi connectivity index (χ0n) is 10.9. The fraction of sp³-hybridized carbons (Fsp3) is 0.571. The van der Waals surface area contributed by atoms with Crippen LogP contribution in [0, 0.1) is 13.8 Å². The van der Waals surface area contributed by atoms with Crippen molar-refractivity contribution < 1.29 is 5.11 Å². The van der Waals surface area contributed by atoms with E-state index < -0.39 is 0 Å². The Kier molecular flexibility index (Phi) is 3.69. The molecule has 0 spiro atoms. The molecule has 17 heavy (non-hydrogen) atoms. The third-order valence-electron chi connectivity index (χ3n) is 3.76. The fourth-order valence-electron chi connectivity index (χ4n) is 2.43. The lowest BCUT2D eigenvalue weighted by atomic mass is 10.0. The summed E-state index contributed by atoms with van der Waals surface area (Å²) in [5.41, 5.74) is 3.98. The van der Waals surface area contributed by atoms with Crippen molar-refractivity contribution in [2.24, 2.45) is 0 Å². The number of nitrogens with one attached hydrogen (secondary N) is 1. The molecule has 3 heteroatoms. The molecule has 94 valence electrons. The molecular weight excluding hydrogens is 212 g/mol.